The van der Waals surface area contributed by atoms with Crippen LogP contribution in [0, 0.1) is 0 Å². The van der Waals surface area contributed by atoms with Gasteiger partial charge in [0.05, 0.1) is 35.5 Å². The molecule has 0 bridgehead atoms. The van der Waals surface area contributed by atoms with Gasteiger partial charge in [-0.3, -0.25) is 9.59 Å². The van der Waals surface area contributed by atoms with E-state index >= 15 is 0 Å². The number of carbonyl (C=O) groups is 2. The van der Waals surface area contributed by atoms with Gasteiger partial charge in [-0.25, -0.2) is 0 Å². The summed E-state index contributed by atoms with van der Waals surface area (Å²) in [7, 11) is 3.12. The van der Waals surface area contributed by atoms with Crippen molar-refractivity contribution in [3.63, 3.8) is 0 Å². The van der Waals surface area contributed by atoms with Crippen LogP contribution in [0.3, 0.4) is 0 Å². The Hall–Kier alpha value is -1.74. The molecule has 30 heavy (non-hydrogen) atoms. The third-order valence-electron chi connectivity index (χ3n) is 5.19. The molecule has 4 N–H and O–H groups in total. The van der Waals surface area contributed by atoms with Crippen LogP contribution in [0.5, 0.6) is 5.75 Å². The highest BCUT2D eigenvalue weighted by atomic mass is 35.5. The summed E-state index contributed by atoms with van der Waals surface area (Å²) in [4.78, 5) is 25.6. The number of hydrogen-bond donors (Lipinski definition) is 3. The number of benzene rings is 1. The monoisotopic (exact) mass is 463 g/mol. The second kappa shape index (κ2) is 12.8. The molecule has 1 aliphatic heterocycles. The lowest BCUT2D eigenvalue weighted by Crippen LogP contribution is -2.54. The lowest BCUT2D eigenvalue weighted by atomic mass is 10.00. The average Bonchev–Trinajstić information content (AvgIpc) is 2.69. The van der Waals surface area contributed by atoms with Crippen molar-refractivity contribution in [1.29, 1.82) is 0 Å². The van der Waals surface area contributed by atoms with E-state index in [0.29, 0.717) is 35.0 Å². The van der Waals surface area contributed by atoms with Crippen LogP contribution in [0.1, 0.15) is 42.5 Å². The van der Waals surface area contributed by atoms with Gasteiger partial charge in [-0.1, -0.05) is 18.0 Å². The van der Waals surface area contributed by atoms with Crippen molar-refractivity contribution in [2.24, 2.45) is 0 Å². The molecule has 1 saturated heterocycles. The van der Waals surface area contributed by atoms with Gasteiger partial charge in [-0.05, 0) is 31.9 Å². The number of carboxylic acids is 1. The number of anilines is 1. The Morgan fingerprint density at radius 2 is 2.03 bits per heavy atom. The SMILES string of the molecule is COc1cc(N)c(Cl)cc1C(=O)N[C@@H]1CCN(CCCCCC(=O)O)C[C@@H]1OC.Cl. The van der Waals surface area contributed by atoms with Crippen LogP contribution in [0.15, 0.2) is 12.1 Å². The van der Waals surface area contributed by atoms with Crippen molar-refractivity contribution in [2.45, 2.75) is 44.2 Å². The number of carbonyl (C=O) groups excluding carboxylic acids is 1. The number of ether oxygens (including phenoxy) is 2. The molecule has 2 atom stereocenters. The molecule has 10 heteroatoms. The first-order valence-corrected chi connectivity index (χ1v) is 10.1. The largest absolute Gasteiger partial charge is 0.496 e. The van der Waals surface area contributed by atoms with E-state index in [1.807, 2.05) is 0 Å². The molecule has 170 valence electrons. The fourth-order valence-corrected chi connectivity index (χ4v) is 3.70. The minimum atomic E-state index is -0.750. The highest BCUT2D eigenvalue weighted by Gasteiger charge is 2.31. The molecule has 8 nitrogen and oxygen atoms in total. The molecule has 0 radical (unpaired) electrons. The number of nitrogens with two attached hydrogens (primary N) is 1. The Morgan fingerprint density at radius 1 is 1.30 bits per heavy atom. The van der Waals surface area contributed by atoms with Gasteiger partial charge in [-0.2, -0.15) is 0 Å². The van der Waals surface area contributed by atoms with Crippen LogP contribution in [0.2, 0.25) is 5.02 Å². The molecule has 2 rings (SSSR count). The van der Waals surface area contributed by atoms with Crippen LogP contribution in [-0.4, -0.2) is 67.9 Å². The van der Waals surface area contributed by atoms with Crippen LogP contribution in [-0.2, 0) is 9.53 Å². The molecule has 0 spiro atoms. The number of piperidine rings is 1. The zero-order valence-corrected chi connectivity index (χ0v) is 18.9. The zero-order valence-electron chi connectivity index (χ0n) is 17.4. The van der Waals surface area contributed by atoms with Crippen LogP contribution >= 0.6 is 24.0 Å². The summed E-state index contributed by atoms with van der Waals surface area (Å²) in [5.41, 5.74) is 6.47. The summed E-state index contributed by atoms with van der Waals surface area (Å²) in [5, 5.41) is 12.0. The lowest BCUT2D eigenvalue weighted by molar-refractivity contribution is -0.137. The Bertz CT molecular complexity index is 720. The standard InChI is InChI=1S/C20H30ClN3O5.ClH/c1-28-17-11-15(22)14(21)10-13(17)20(27)23-16-7-9-24(12-18(16)29-2)8-5-3-4-6-19(25)26;/h10-11,16,18H,3-9,12,22H2,1-2H3,(H,23,27)(H,25,26);1H/t16-,18+;/m1./s1. The Morgan fingerprint density at radius 3 is 2.67 bits per heavy atom. The zero-order chi connectivity index (χ0) is 21.4. The number of nitrogens with one attached hydrogen (secondary N) is 1. The first-order chi connectivity index (χ1) is 13.8. The van der Waals surface area contributed by atoms with Gasteiger partial charge in [-0.15, -0.1) is 12.4 Å². The number of aliphatic carboxylic acids is 1. The number of likely N-dealkylation sites (tertiary alicyclic amines) is 1. The quantitative estimate of drug-likeness (QED) is 0.360. The van der Waals surface area contributed by atoms with Crippen LogP contribution < -0.4 is 15.8 Å². The van der Waals surface area contributed by atoms with Crippen molar-refractivity contribution in [3.8, 4) is 5.75 Å². The van der Waals surface area contributed by atoms with Crippen molar-refractivity contribution in [2.75, 3.05) is 39.6 Å². The highest BCUT2D eigenvalue weighted by Crippen LogP contribution is 2.29. The molecule has 1 amide bonds. The van der Waals surface area contributed by atoms with Crippen LogP contribution in [0.4, 0.5) is 5.69 Å². The lowest BCUT2D eigenvalue weighted by Gasteiger charge is -2.38. The number of methoxy groups -OCH3 is 2. The molecule has 0 aliphatic carbocycles. The number of hydrogen-bond acceptors (Lipinski definition) is 6. The summed E-state index contributed by atoms with van der Waals surface area (Å²) in [6.45, 7) is 2.44. The molecular formula is C20H31Cl2N3O5. The Kier molecular flexibility index (Phi) is 11.3. The third-order valence-corrected chi connectivity index (χ3v) is 5.52. The molecule has 1 aromatic rings. The molecule has 0 unspecified atom stereocenters. The van der Waals surface area contributed by atoms with Crippen molar-refractivity contribution in [1.82, 2.24) is 10.2 Å². The molecule has 0 aromatic heterocycles. The maximum absolute atomic E-state index is 12.8. The minimum Gasteiger partial charge on any atom is -0.496 e. The first-order valence-electron chi connectivity index (χ1n) is 9.76. The number of nitrogen functional groups attached to an aromatic ring is 1. The predicted octanol–water partition coefficient (Wildman–Crippen LogP) is 2.82. The van der Waals surface area contributed by atoms with Gasteiger partial charge < -0.3 is 30.5 Å². The fraction of sp³-hybridized carbons (Fsp3) is 0.600. The number of unbranched alkanes of at least 4 members (excludes halogenated alkanes) is 2. The Labute approximate surface area is 188 Å². The molecular weight excluding hydrogens is 433 g/mol. The van der Waals surface area contributed by atoms with E-state index in [4.69, 9.17) is 31.9 Å². The normalized spacial score (nSPS) is 19.0. The summed E-state index contributed by atoms with van der Waals surface area (Å²) in [5.74, 6) is -0.657. The second-order valence-corrected chi connectivity index (χ2v) is 7.63. The number of rotatable bonds is 10. The maximum atomic E-state index is 12.8. The van der Waals surface area contributed by atoms with Gasteiger partial charge in [0, 0.05) is 32.7 Å². The van der Waals surface area contributed by atoms with Gasteiger partial charge in [0.1, 0.15) is 5.75 Å². The smallest absolute Gasteiger partial charge is 0.303 e. The minimum absolute atomic E-state index is 0. The van der Waals surface area contributed by atoms with E-state index in [9.17, 15) is 9.59 Å². The van der Waals surface area contributed by atoms with Crippen LogP contribution in [0.25, 0.3) is 0 Å². The summed E-state index contributed by atoms with van der Waals surface area (Å²) >= 11 is 6.07. The van der Waals surface area contributed by atoms with Crippen molar-refractivity contribution < 1.29 is 24.2 Å². The number of amides is 1. The average molecular weight is 464 g/mol. The number of carboxylic acid groups (broad SMARTS) is 1. The van der Waals surface area contributed by atoms with E-state index in [-0.39, 0.29) is 36.9 Å². The predicted molar refractivity (Wildman–Crippen MR) is 119 cm³/mol. The number of nitrogens with zero attached hydrogens (tertiary/aromatic N) is 1. The molecule has 1 fully saturated rings. The van der Waals surface area contributed by atoms with E-state index in [1.165, 1.54) is 19.2 Å². The maximum Gasteiger partial charge on any atom is 0.303 e. The molecule has 0 saturated carbocycles. The van der Waals surface area contributed by atoms with Gasteiger partial charge in [0.25, 0.3) is 5.91 Å². The van der Waals surface area contributed by atoms with Gasteiger partial charge in [0.15, 0.2) is 0 Å². The highest BCUT2D eigenvalue weighted by molar-refractivity contribution is 6.33. The summed E-state index contributed by atoms with van der Waals surface area (Å²) < 4.78 is 10.9. The first kappa shape index (κ1) is 26.3. The van der Waals surface area contributed by atoms with E-state index < -0.39 is 5.97 Å². The summed E-state index contributed by atoms with van der Waals surface area (Å²) in [6, 6.07) is 2.92. The third kappa shape index (κ3) is 7.50. The molecule has 1 aliphatic rings. The van der Waals surface area contributed by atoms with E-state index in [0.717, 1.165) is 32.4 Å². The van der Waals surface area contributed by atoms with Crippen molar-refractivity contribution >= 4 is 41.6 Å². The van der Waals surface area contributed by atoms with Crippen molar-refractivity contribution in [3.05, 3.63) is 22.7 Å². The number of halogens is 2. The Balaban J connectivity index is 0.00000450. The van der Waals surface area contributed by atoms with E-state index in [1.54, 1.807) is 7.11 Å². The molecule has 1 aromatic carbocycles. The van der Waals surface area contributed by atoms with Gasteiger partial charge in [0.2, 0.25) is 0 Å². The van der Waals surface area contributed by atoms with Gasteiger partial charge >= 0.3 is 5.97 Å². The fourth-order valence-electron chi connectivity index (χ4n) is 3.54. The summed E-state index contributed by atoms with van der Waals surface area (Å²) in [6.07, 6.45) is 3.36. The van der Waals surface area contributed by atoms with E-state index in [2.05, 4.69) is 10.2 Å². The second-order valence-electron chi connectivity index (χ2n) is 7.22. The molecule has 1 heterocycles. The topological polar surface area (TPSA) is 114 Å².